The number of aromatic amines is 1. The van der Waals surface area contributed by atoms with Gasteiger partial charge in [0.15, 0.2) is 5.58 Å². The lowest BCUT2D eigenvalue weighted by atomic mass is 10.0. The van der Waals surface area contributed by atoms with Gasteiger partial charge in [0.2, 0.25) is 0 Å². The van der Waals surface area contributed by atoms with Crippen LogP contribution in [0.5, 0.6) is 0 Å². The molecule has 5 heteroatoms. The Balaban J connectivity index is 1.98. The van der Waals surface area contributed by atoms with E-state index in [-0.39, 0.29) is 10.8 Å². The third kappa shape index (κ3) is 1.57. The minimum Gasteiger partial charge on any atom is -0.408 e. The third-order valence-corrected chi connectivity index (χ3v) is 4.91. The molecule has 0 spiro atoms. The predicted molar refractivity (Wildman–Crippen MR) is 76.2 cm³/mol. The first-order valence-electron chi connectivity index (χ1n) is 6.42. The van der Waals surface area contributed by atoms with Crippen molar-refractivity contribution in [2.75, 3.05) is 11.1 Å². The molecule has 0 unspecified atom stereocenters. The van der Waals surface area contributed by atoms with Crippen LogP contribution in [0.3, 0.4) is 0 Å². The second kappa shape index (κ2) is 3.35. The molecule has 5 nitrogen and oxygen atoms in total. The summed E-state index contributed by atoms with van der Waals surface area (Å²) in [5.74, 6) is -0.460. The molecule has 1 saturated carbocycles. The van der Waals surface area contributed by atoms with Crippen molar-refractivity contribution in [2.24, 2.45) is 10.8 Å². The zero-order valence-corrected chi connectivity index (χ0v) is 11.6. The van der Waals surface area contributed by atoms with Crippen LogP contribution in [0.2, 0.25) is 0 Å². The van der Waals surface area contributed by atoms with Crippen molar-refractivity contribution in [3.63, 3.8) is 0 Å². The highest BCUT2D eigenvalue weighted by atomic mass is 16.4. The summed E-state index contributed by atoms with van der Waals surface area (Å²) in [4.78, 5) is 13.8. The Morgan fingerprint density at radius 2 is 1.89 bits per heavy atom. The van der Waals surface area contributed by atoms with Crippen LogP contribution in [-0.2, 0) is 0 Å². The Labute approximate surface area is 111 Å². The van der Waals surface area contributed by atoms with Gasteiger partial charge in [-0.25, -0.2) is 4.79 Å². The molecule has 0 saturated heterocycles. The van der Waals surface area contributed by atoms with Gasteiger partial charge in [0, 0.05) is 12.1 Å². The second-order valence-corrected chi connectivity index (χ2v) is 6.47. The summed E-state index contributed by atoms with van der Waals surface area (Å²) < 4.78 is 4.99. The second-order valence-electron chi connectivity index (χ2n) is 6.47. The van der Waals surface area contributed by atoms with E-state index in [9.17, 15) is 4.79 Å². The molecule has 0 amide bonds. The first-order valence-corrected chi connectivity index (χ1v) is 6.42. The largest absolute Gasteiger partial charge is 0.417 e. The molecule has 0 aliphatic heterocycles. The lowest BCUT2D eigenvalue weighted by molar-refractivity contribution is 0.457. The molecule has 0 atom stereocenters. The number of rotatable bonds is 2. The molecule has 0 bridgehead atoms. The van der Waals surface area contributed by atoms with E-state index in [0.717, 1.165) is 5.69 Å². The van der Waals surface area contributed by atoms with E-state index in [4.69, 9.17) is 10.2 Å². The van der Waals surface area contributed by atoms with E-state index in [1.807, 2.05) is 6.07 Å². The fourth-order valence-electron chi connectivity index (χ4n) is 2.85. The highest BCUT2D eigenvalue weighted by Gasteiger charge is 2.65. The highest BCUT2D eigenvalue weighted by Crippen LogP contribution is 2.63. The Hall–Kier alpha value is -1.91. The van der Waals surface area contributed by atoms with Crippen molar-refractivity contribution in [3.05, 3.63) is 22.7 Å². The minimum absolute atomic E-state index is 0.220. The first-order chi connectivity index (χ1) is 8.73. The maximum atomic E-state index is 11.2. The standard InChI is InChI=1S/C14H19N3O2/c1-13(2)11(14(13,3)4)16-8-6-9-10(5-7(8)15)19-12(18)17-9/h5-6,11,16H,15H2,1-4H3,(H,17,18). The number of fused-ring (bicyclic) bond motifs is 1. The SMILES string of the molecule is CC1(C)C(Nc2cc3[nH]c(=O)oc3cc2N)C1(C)C. The van der Waals surface area contributed by atoms with Gasteiger partial charge in [-0.1, -0.05) is 27.7 Å². The molecule has 102 valence electrons. The van der Waals surface area contributed by atoms with Crippen LogP contribution in [0, 0.1) is 10.8 Å². The molecular weight excluding hydrogens is 242 g/mol. The van der Waals surface area contributed by atoms with Crippen molar-refractivity contribution >= 4 is 22.5 Å². The van der Waals surface area contributed by atoms with E-state index in [0.29, 0.717) is 22.8 Å². The number of nitrogen functional groups attached to an aromatic ring is 1. The van der Waals surface area contributed by atoms with Crippen LogP contribution in [0.15, 0.2) is 21.3 Å². The molecule has 1 aromatic heterocycles. The fraction of sp³-hybridized carbons (Fsp3) is 0.500. The van der Waals surface area contributed by atoms with E-state index < -0.39 is 5.76 Å². The first kappa shape index (κ1) is 12.1. The molecule has 1 aliphatic rings. The van der Waals surface area contributed by atoms with Gasteiger partial charge in [0.25, 0.3) is 0 Å². The van der Waals surface area contributed by atoms with Crippen molar-refractivity contribution in [1.29, 1.82) is 0 Å². The number of hydrogen-bond donors (Lipinski definition) is 3. The Morgan fingerprint density at radius 3 is 2.47 bits per heavy atom. The lowest BCUT2D eigenvalue weighted by Gasteiger charge is -2.10. The van der Waals surface area contributed by atoms with Crippen molar-refractivity contribution in [2.45, 2.75) is 33.7 Å². The Kier molecular flexibility index (Phi) is 2.14. The van der Waals surface area contributed by atoms with Gasteiger partial charge in [-0.3, -0.25) is 4.98 Å². The van der Waals surface area contributed by atoms with E-state index in [2.05, 4.69) is 38.0 Å². The molecule has 1 aromatic carbocycles. The maximum Gasteiger partial charge on any atom is 0.417 e. The highest BCUT2D eigenvalue weighted by molar-refractivity contribution is 5.85. The Bertz CT molecular complexity index is 695. The van der Waals surface area contributed by atoms with Crippen LogP contribution >= 0.6 is 0 Å². The summed E-state index contributed by atoms with van der Waals surface area (Å²) in [7, 11) is 0. The van der Waals surface area contributed by atoms with Crippen LogP contribution in [0.25, 0.3) is 11.1 Å². The predicted octanol–water partition coefficient (Wildman–Crippen LogP) is 2.55. The average molecular weight is 261 g/mol. The average Bonchev–Trinajstić information content (AvgIpc) is 2.59. The number of anilines is 2. The molecule has 2 aromatic rings. The van der Waals surface area contributed by atoms with Crippen molar-refractivity contribution in [3.8, 4) is 0 Å². The number of hydrogen-bond acceptors (Lipinski definition) is 4. The molecular formula is C14H19N3O2. The van der Waals surface area contributed by atoms with E-state index in [1.165, 1.54) is 0 Å². The van der Waals surface area contributed by atoms with Crippen LogP contribution in [-0.4, -0.2) is 11.0 Å². The van der Waals surface area contributed by atoms with Crippen LogP contribution in [0.1, 0.15) is 27.7 Å². The van der Waals surface area contributed by atoms with Gasteiger partial charge in [0.05, 0.1) is 16.9 Å². The topological polar surface area (TPSA) is 84.0 Å². The van der Waals surface area contributed by atoms with Crippen molar-refractivity contribution in [1.82, 2.24) is 4.98 Å². The number of nitrogens with one attached hydrogen (secondary N) is 2. The number of nitrogens with two attached hydrogens (primary N) is 1. The smallest absolute Gasteiger partial charge is 0.408 e. The van der Waals surface area contributed by atoms with Gasteiger partial charge in [-0.2, -0.15) is 0 Å². The molecule has 19 heavy (non-hydrogen) atoms. The van der Waals surface area contributed by atoms with Gasteiger partial charge >= 0.3 is 5.76 Å². The summed E-state index contributed by atoms with van der Waals surface area (Å²) in [5, 5.41) is 3.48. The normalized spacial score (nSPS) is 20.6. The number of oxazole rings is 1. The third-order valence-electron chi connectivity index (χ3n) is 4.91. The molecule has 0 radical (unpaired) electrons. The summed E-state index contributed by atoms with van der Waals surface area (Å²) >= 11 is 0. The molecule has 3 rings (SSSR count). The molecule has 1 aliphatic carbocycles. The van der Waals surface area contributed by atoms with Gasteiger partial charge in [-0.15, -0.1) is 0 Å². The zero-order valence-electron chi connectivity index (χ0n) is 11.6. The van der Waals surface area contributed by atoms with Gasteiger partial charge in [-0.05, 0) is 16.9 Å². The molecule has 1 heterocycles. The summed E-state index contributed by atoms with van der Waals surface area (Å²) in [6, 6.07) is 3.87. The summed E-state index contributed by atoms with van der Waals surface area (Å²) in [6.07, 6.45) is 0. The van der Waals surface area contributed by atoms with E-state index >= 15 is 0 Å². The number of H-pyrrole nitrogens is 1. The Morgan fingerprint density at radius 1 is 1.26 bits per heavy atom. The maximum absolute atomic E-state index is 11.2. The number of aromatic nitrogens is 1. The minimum atomic E-state index is -0.460. The van der Waals surface area contributed by atoms with E-state index in [1.54, 1.807) is 6.07 Å². The fourth-order valence-corrected chi connectivity index (χ4v) is 2.85. The zero-order chi connectivity index (χ0) is 14.0. The van der Waals surface area contributed by atoms with Crippen LogP contribution < -0.4 is 16.8 Å². The van der Waals surface area contributed by atoms with Crippen molar-refractivity contribution < 1.29 is 4.42 Å². The summed E-state index contributed by atoms with van der Waals surface area (Å²) in [5.41, 5.74) is 9.04. The molecule has 1 fully saturated rings. The van der Waals surface area contributed by atoms with Gasteiger partial charge < -0.3 is 15.5 Å². The molecule has 4 N–H and O–H groups in total. The summed E-state index contributed by atoms with van der Waals surface area (Å²) in [6.45, 7) is 8.94. The number of benzene rings is 1. The van der Waals surface area contributed by atoms with Gasteiger partial charge in [0.1, 0.15) is 0 Å². The quantitative estimate of drug-likeness (QED) is 0.725. The lowest BCUT2D eigenvalue weighted by Crippen LogP contribution is -2.11. The van der Waals surface area contributed by atoms with Crippen LogP contribution in [0.4, 0.5) is 11.4 Å². The monoisotopic (exact) mass is 261 g/mol.